The van der Waals surface area contributed by atoms with E-state index in [2.05, 4.69) is 44.8 Å². The molecule has 1 aromatic carbocycles. The number of aromatic nitrogens is 1. The van der Waals surface area contributed by atoms with Gasteiger partial charge in [0.1, 0.15) is 0 Å². The molecule has 0 bridgehead atoms. The van der Waals surface area contributed by atoms with E-state index in [1.165, 1.54) is 11.8 Å². The molecule has 2 N–H and O–H groups in total. The second-order valence-corrected chi connectivity index (χ2v) is 7.50. The summed E-state index contributed by atoms with van der Waals surface area (Å²) in [5, 5.41) is 5.84. The largest absolute Gasteiger partial charge is 0.354 e. The van der Waals surface area contributed by atoms with E-state index in [4.69, 9.17) is 0 Å². The van der Waals surface area contributed by atoms with Gasteiger partial charge in [0.15, 0.2) is 0 Å². The molecule has 0 aliphatic carbocycles. The molecular weight excluding hydrogens is 352 g/mol. The second kappa shape index (κ2) is 8.52. The minimum Gasteiger partial charge on any atom is -0.354 e. The molecule has 6 heteroatoms. The van der Waals surface area contributed by atoms with Gasteiger partial charge in [-0.05, 0) is 43.5 Å². The Morgan fingerprint density at radius 1 is 1.07 bits per heavy atom. The van der Waals surface area contributed by atoms with Crippen LogP contribution >= 0.6 is 0 Å². The molecule has 3 heterocycles. The first-order valence-electron chi connectivity index (χ1n) is 10.0. The van der Waals surface area contributed by atoms with Crippen LogP contribution in [-0.4, -0.2) is 47.4 Å². The number of carbonyl (C=O) groups is 2. The number of rotatable bonds is 6. The zero-order valence-electron chi connectivity index (χ0n) is 15.9. The average molecular weight is 378 g/mol. The predicted octanol–water partition coefficient (Wildman–Crippen LogP) is 2.15. The molecule has 2 amide bonds. The molecule has 146 valence electrons. The monoisotopic (exact) mass is 378 g/mol. The number of benzene rings is 1. The average Bonchev–Trinajstić information content (AvgIpc) is 3.35. The summed E-state index contributed by atoms with van der Waals surface area (Å²) in [6, 6.07) is 14.6. The number of carbonyl (C=O) groups excluding carboxylic acids is 2. The summed E-state index contributed by atoms with van der Waals surface area (Å²) >= 11 is 0. The van der Waals surface area contributed by atoms with Crippen LogP contribution in [0.25, 0.3) is 0 Å². The van der Waals surface area contributed by atoms with E-state index in [0.29, 0.717) is 30.7 Å². The number of amides is 2. The van der Waals surface area contributed by atoms with Gasteiger partial charge < -0.3 is 10.6 Å². The van der Waals surface area contributed by atoms with Crippen LogP contribution in [0.4, 0.5) is 0 Å². The van der Waals surface area contributed by atoms with Gasteiger partial charge in [-0.15, -0.1) is 0 Å². The summed E-state index contributed by atoms with van der Waals surface area (Å²) in [6.45, 7) is 1.90. The summed E-state index contributed by atoms with van der Waals surface area (Å²) in [5.74, 6) is -0.0537. The summed E-state index contributed by atoms with van der Waals surface area (Å²) in [7, 11) is 0. The van der Waals surface area contributed by atoms with Crippen molar-refractivity contribution in [3.63, 3.8) is 0 Å². The summed E-state index contributed by atoms with van der Waals surface area (Å²) in [5.41, 5.74) is 1.82. The van der Waals surface area contributed by atoms with Crippen molar-refractivity contribution < 1.29 is 9.59 Å². The van der Waals surface area contributed by atoms with Crippen molar-refractivity contribution >= 4 is 11.8 Å². The molecule has 3 atom stereocenters. The smallest absolute Gasteiger partial charge is 0.252 e. The maximum Gasteiger partial charge on any atom is 0.252 e. The van der Waals surface area contributed by atoms with E-state index in [-0.39, 0.29) is 17.7 Å². The van der Waals surface area contributed by atoms with Crippen molar-refractivity contribution in [3.8, 4) is 0 Å². The highest BCUT2D eigenvalue weighted by molar-refractivity contribution is 5.93. The van der Waals surface area contributed by atoms with Gasteiger partial charge in [0.25, 0.3) is 5.91 Å². The summed E-state index contributed by atoms with van der Waals surface area (Å²) in [6.07, 6.45) is 6.26. The molecule has 4 rings (SSSR count). The lowest BCUT2D eigenvalue weighted by molar-refractivity contribution is -0.125. The highest BCUT2D eigenvalue weighted by Gasteiger charge is 2.46. The number of hydrogen-bond acceptors (Lipinski definition) is 4. The quantitative estimate of drug-likeness (QED) is 0.756. The van der Waals surface area contributed by atoms with Gasteiger partial charge >= 0.3 is 0 Å². The van der Waals surface area contributed by atoms with Crippen LogP contribution in [0.2, 0.25) is 0 Å². The third-order valence-electron chi connectivity index (χ3n) is 5.84. The molecule has 2 aromatic rings. The number of hydrogen-bond donors (Lipinski definition) is 2. The van der Waals surface area contributed by atoms with Crippen LogP contribution in [0.5, 0.6) is 0 Å². The van der Waals surface area contributed by atoms with Crippen LogP contribution in [0.3, 0.4) is 0 Å². The van der Waals surface area contributed by atoms with Gasteiger partial charge in [-0.2, -0.15) is 0 Å². The van der Waals surface area contributed by atoms with E-state index in [1.54, 1.807) is 18.3 Å². The first-order chi connectivity index (χ1) is 13.7. The first-order valence-corrected chi connectivity index (χ1v) is 10.0. The van der Waals surface area contributed by atoms with Crippen molar-refractivity contribution in [1.82, 2.24) is 20.5 Å². The fraction of sp³-hybridized carbons (Fsp3) is 0.409. The Balaban J connectivity index is 1.29. The van der Waals surface area contributed by atoms with Gasteiger partial charge in [-0.1, -0.05) is 30.3 Å². The Morgan fingerprint density at radius 3 is 2.68 bits per heavy atom. The highest BCUT2D eigenvalue weighted by Crippen LogP contribution is 2.44. The standard InChI is InChI=1S/C22H26N4O2/c27-21(17-8-4-10-23-15-17)24-11-12-25-22(28)18-14-20(16-6-2-1-3-7-16)26-13-5-9-19(18)26/h1-4,6-8,10,15,18-20H,5,9,11-14H2,(H,24,27)(H,25,28)/t18-,19+,20-/m0/s1. The molecule has 2 fully saturated rings. The van der Waals surface area contributed by atoms with Crippen molar-refractivity contribution in [1.29, 1.82) is 0 Å². The lowest BCUT2D eigenvalue weighted by atomic mass is 9.93. The lowest BCUT2D eigenvalue weighted by Crippen LogP contribution is -2.40. The van der Waals surface area contributed by atoms with Crippen molar-refractivity contribution in [2.24, 2.45) is 5.92 Å². The van der Waals surface area contributed by atoms with Crippen molar-refractivity contribution in [3.05, 3.63) is 66.0 Å². The second-order valence-electron chi connectivity index (χ2n) is 7.50. The van der Waals surface area contributed by atoms with E-state index in [9.17, 15) is 9.59 Å². The maximum absolute atomic E-state index is 12.8. The molecule has 0 radical (unpaired) electrons. The van der Waals surface area contributed by atoms with Crippen LogP contribution in [0.1, 0.15) is 41.2 Å². The fourth-order valence-corrected chi connectivity index (χ4v) is 4.54. The third-order valence-corrected chi connectivity index (χ3v) is 5.84. The molecule has 2 saturated heterocycles. The SMILES string of the molecule is O=C(NCCNC(=O)[C@H]1C[C@@H](c2ccccc2)N2CCC[C@H]12)c1cccnc1. The van der Waals surface area contributed by atoms with Crippen LogP contribution < -0.4 is 10.6 Å². The Morgan fingerprint density at radius 2 is 1.89 bits per heavy atom. The predicted molar refractivity (Wildman–Crippen MR) is 107 cm³/mol. The molecule has 0 spiro atoms. The number of pyridine rings is 1. The van der Waals surface area contributed by atoms with Gasteiger partial charge in [0.05, 0.1) is 11.5 Å². The van der Waals surface area contributed by atoms with E-state index >= 15 is 0 Å². The van der Waals surface area contributed by atoms with Crippen molar-refractivity contribution in [2.75, 3.05) is 19.6 Å². The first kappa shape index (κ1) is 18.6. The number of fused-ring (bicyclic) bond motifs is 1. The van der Waals surface area contributed by atoms with Crippen LogP contribution in [0, 0.1) is 5.92 Å². The van der Waals surface area contributed by atoms with Gasteiger partial charge in [0.2, 0.25) is 5.91 Å². The van der Waals surface area contributed by atoms with Crippen LogP contribution in [0.15, 0.2) is 54.9 Å². The number of nitrogens with zero attached hydrogens (tertiary/aromatic N) is 2. The molecule has 28 heavy (non-hydrogen) atoms. The van der Waals surface area contributed by atoms with Crippen LogP contribution in [-0.2, 0) is 4.79 Å². The third kappa shape index (κ3) is 3.92. The van der Waals surface area contributed by atoms with E-state index < -0.39 is 0 Å². The Hall–Kier alpha value is -2.73. The Labute approximate surface area is 165 Å². The van der Waals surface area contributed by atoms with Gasteiger partial charge in [-0.25, -0.2) is 0 Å². The molecular formula is C22H26N4O2. The topological polar surface area (TPSA) is 74.3 Å². The minimum absolute atomic E-state index is 0.0155. The molecule has 0 saturated carbocycles. The fourth-order valence-electron chi connectivity index (χ4n) is 4.54. The maximum atomic E-state index is 12.8. The van der Waals surface area contributed by atoms with E-state index in [0.717, 1.165) is 25.8 Å². The van der Waals surface area contributed by atoms with Gasteiger partial charge in [-0.3, -0.25) is 19.5 Å². The Bertz CT molecular complexity index is 812. The molecule has 1 aromatic heterocycles. The van der Waals surface area contributed by atoms with Gasteiger partial charge in [0, 0.05) is 37.6 Å². The minimum atomic E-state index is -0.172. The number of nitrogens with one attached hydrogen (secondary N) is 2. The summed E-state index contributed by atoms with van der Waals surface area (Å²) < 4.78 is 0. The molecule has 2 aliphatic rings. The summed E-state index contributed by atoms with van der Waals surface area (Å²) in [4.78, 5) is 31.3. The molecule has 6 nitrogen and oxygen atoms in total. The Kier molecular flexibility index (Phi) is 5.67. The normalized spacial score (nSPS) is 23.9. The zero-order valence-corrected chi connectivity index (χ0v) is 15.9. The zero-order chi connectivity index (χ0) is 19.3. The molecule has 0 unspecified atom stereocenters. The molecule has 2 aliphatic heterocycles. The highest BCUT2D eigenvalue weighted by atomic mass is 16.2. The lowest BCUT2D eigenvalue weighted by Gasteiger charge is -2.24. The van der Waals surface area contributed by atoms with Crippen molar-refractivity contribution in [2.45, 2.75) is 31.3 Å². The van der Waals surface area contributed by atoms with E-state index in [1.807, 2.05) is 6.07 Å².